The van der Waals surface area contributed by atoms with Crippen LogP contribution >= 0.6 is 0 Å². The van der Waals surface area contributed by atoms with Crippen LogP contribution in [0, 0.1) is 19.3 Å². The van der Waals surface area contributed by atoms with E-state index in [4.69, 9.17) is 0 Å². The monoisotopic (exact) mass is 285 g/mol. The standard InChI is InChI=1S/C16H23N5/c1-10-6-11(2)20-15(19-10)21-14-8-16(3,4)7-13(17-5)12(14)9-18-21/h6,9,13,17H,7-8H2,1-5H3. The normalized spacial score (nSPS) is 20.3. The quantitative estimate of drug-likeness (QED) is 0.921. The molecule has 1 atom stereocenters. The summed E-state index contributed by atoms with van der Waals surface area (Å²) in [7, 11) is 2.01. The Morgan fingerprint density at radius 1 is 1.24 bits per heavy atom. The third kappa shape index (κ3) is 2.58. The molecule has 1 unspecified atom stereocenters. The van der Waals surface area contributed by atoms with Gasteiger partial charge in [0.15, 0.2) is 0 Å². The Morgan fingerprint density at radius 2 is 1.90 bits per heavy atom. The van der Waals surface area contributed by atoms with E-state index < -0.39 is 0 Å². The van der Waals surface area contributed by atoms with E-state index in [0.717, 1.165) is 24.2 Å². The number of hydrogen-bond acceptors (Lipinski definition) is 4. The minimum atomic E-state index is 0.247. The fourth-order valence-electron chi connectivity index (χ4n) is 3.27. The molecule has 1 aliphatic rings. The first kappa shape index (κ1) is 14.2. The summed E-state index contributed by atoms with van der Waals surface area (Å²) in [4.78, 5) is 9.10. The number of aryl methyl sites for hydroxylation is 2. The van der Waals surface area contributed by atoms with Crippen molar-refractivity contribution in [3.05, 3.63) is 34.9 Å². The van der Waals surface area contributed by atoms with E-state index in [1.165, 1.54) is 11.3 Å². The maximum absolute atomic E-state index is 4.57. The summed E-state index contributed by atoms with van der Waals surface area (Å²) in [6.07, 6.45) is 4.08. The fourth-order valence-corrected chi connectivity index (χ4v) is 3.27. The average molecular weight is 285 g/mol. The summed E-state index contributed by atoms with van der Waals surface area (Å²) in [5, 5.41) is 7.97. The van der Waals surface area contributed by atoms with Crippen LogP contribution in [0.3, 0.4) is 0 Å². The van der Waals surface area contributed by atoms with Gasteiger partial charge in [-0.15, -0.1) is 0 Å². The predicted molar refractivity (Wildman–Crippen MR) is 82.5 cm³/mol. The van der Waals surface area contributed by atoms with E-state index in [2.05, 4.69) is 34.2 Å². The molecule has 0 fully saturated rings. The number of aromatic nitrogens is 4. The molecule has 0 saturated carbocycles. The molecule has 3 rings (SSSR count). The van der Waals surface area contributed by atoms with Gasteiger partial charge in [-0.1, -0.05) is 13.8 Å². The lowest BCUT2D eigenvalue weighted by atomic mass is 9.74. The van der Waals surface area contributed by atoms with Gasteiger partial charge in [0.25, 0.3) is 5.95 Å². The lowest BCUT2D eigenvalue weighted by Crippen LogP contribution is -2.32. The van der Waals surface area contributed by atoms with Crippen LogP contribution in [0.5, 0.6) is 0 Å². The van der Waals surface area contributed by atoms with Crippen molar-refractivity contribution in [2.45, 2.75) is 46.6 Å². The van der Waals surface area contributed by atoms with Crippen LogP contribution in [-0.2, 0) is 6.42 Å². The lowest BCUT2D eigenvalue weighted by Gasteiger charge is -2.35. The highest BCUT2D eigenvalue weighted by Crippen LogP contribution is 2.40. The van der Waals surface area contributed by atoms with Gasteiger partial charge in [-0.25, -0.2) is 14.6 Å². The maximum atomic E-state index is 4.57. The van der Waals surface area contributed by atoms with Gasteiger partial charge >= 0.3 is 0 Å². The van der Waals surface area contributed by atoms with Crippen molar-refractivity contribution in [3.8, 4) is 5.95 Å². The summed E-state index contributed by atoms with van der Waals surface area (Å²) < 4.78 is 1.92. The SMILES string of the molecule is CNC1CC(C)(C)Cc2c1cnn2-c1nc(C)cc(C)n1. The summed E-state index contributed by atoms with van der Waals surface area (Å²) in [6.45, 7) is 8.60. The van der Waals surface area contributed by atoms with Crippen LogP contribution in [0.4, 0.5) is 0 Å². The minimum absolute atomic E-state index is 0.247. The number of nitrogens with one attached hydrogen (secondary N) is 1. The Hall–Kier alpha value is -1.75. The molecule has 0 aromatic carbocycles. The van der Waals surface area contributed by atoms with Crippen LogP contribution in [-0.4, -0.2) is 26.8 Å². The van der Waals surface area contributed by atoms with Crippen LogP contribution in [0.1, 0.15) is 49.0 Å². The molecular weight excluding hydrogens is 262 g/mol. The zero-order valence-corrected chi connectivity index (χ0v) is 13.4. The topological polar surface area (TPSA) is 55.6 Å². The average Bonchev–Trinajstić information content (AvgIpc) is 2.78. The molecule has 21 heavy (non-hydrogen) atoms. The van der Waals surface area contributed by atoms with Gasteiger partial charge < -0.3 is 5.32 Å². The van der Waals surface area contributed by atoms with E-state index >= 15 is 0 Å². The number of nitrogens with zero attached hydrogens (tertiary/aromatic N) is 4. The van der Waals surface area contributed by atoms with Gasteiger partial charge in [0.1, 0.15) is 0 Å². The molecule has 0 saturated heterocycles. The van der Waals surface area contributed by atoms with Crippen molar-refractivity contribution in [1.82, 2.24) is 25.1 Å². The van der Waals surface area contributed by atoms with E-state index in [9.17, 15) is 0 Å². The van der Waals surface area contributed by atoms with Crippen LogP contribution in [0.15, 0.2) is 12.3 Å². The zero-order valence-electron chi connectivity index (χ0n) is 13.4. The number of rotatable bonds is 2. The predicted octanol–water partition coefficient (Wildman–Crippen LogP) is 2.51. The third-order valence-corrected chi connectivity index (χ3v) is 4.19. The smallest absolute Gasteiger partial charge is 0.251 e. The molecule has 2 aromatic heterocycles. The van der Waals surface area contributed by atoms with Crippen molar-refractivity contribution in [2.24, 2.45) is 5.41 Å². The van der Waals surface area contributed by atoms with Crippen LogP contribution < -0.4 is 5.32 Å². The fraction of sp³-hybridized carbons (Fsp3) is 0.562. The first-order valence-corrected chi connectivity index (χ1v) is 7.46. The molecule has 2 heterocycles. The van der Waals surface area contributed by atoms with Crippen molar-refractivity contribution in [3.63, 3.8) is 0 Å². The highest BCUT2D eigenvalue weighted by Gasteiger charge is 2.34. The molecule has 5 heteroatoms. The highest BCUT2D eigenvalue weighted by molar-refractivity contribution is 5.32. The highest BCUT2D eigenvalue weighted by atomic mass is 15.4. The van der Waals surface area contributed by atoms with Gasteiger partial charge in [-0.2, -0.15) is 5.10 Å². The molecule has 1 N–H and O–H groups in total. The number of hydrogen-bond donors (Lipinski definition) is 1. The second-order valence-corrected chi connectivity index (χ2v) is 6.80. The van der Waals surface area contributed by atoms with Gasteiger partial charge in [0.2, 0.25) is 0 Å². The summed E-state index contributed by atoms with van der Waals surface area (Å²) >= 11 is 0. The van der Waals surface area contributed by atoms with Crippen LogP contribution in [0.2, 0.25) is 0 Å². The summed E-state index contributed by atoms with van der Waals surface area (Å²) in [5.41, 5.74) is 4.70. The van der Waals surface area contributed by atoms with Gasteiger partial charge in [0.05, 0.1) is 11.9 Å². The minimum Gasteiger partial charge on any atom is -0.313 e. The van der Waals surface area contributed by atoms with Crippen molar-refractivity contribution in [1.29, 1.82) is 0 Å². The molecule has 112 valence electrons. The second kappa shape index (κ2) is 4.91. The molecule has 5 nitrogen and oxygen atoms in total. The largest absolute Gasteiger partial charge is 0.313 e. The molecule has 0 amide bonds. The molecular formula is C16H23N5. The Balaban J connectivity index is 2.12. The Kier molecular flexibility index (Phi) is 3.32. The molecule has 0 aliphatic heterocycles. The number of fused-ring (bicyclic) bond motifs is 1. The van der Waals surface area contributed by atoms with Gasteiger partial charge in [-0.05, 0) is 45.2 Å². The van der Waals surface area contributed by atoms with Crippen molar-refractivity contribution in [2.75, 3.05) is 7.05 Å². The van der Waals surface area contributed by atoms with Gasteiger partial charge in [0, 0.05) is 23.0 Å². The third-order valence-electron chi connectivity index (χ3n) is 4.19. The van der Waals surface area contributed by atoms with E-state index in [0.29, 0.717) is 12.0 Å². The zero-order chi connectivity index (χ0) is 15.2. The first-order chi connectivity index (χ1) is 9.89. The van der Waals surface area contributed by atoms with Crippen molar-refractivity contribution >= 4 is 0 Å². The Labute approximate surface area is 125 Å². The van der Waals surface area contributed by atoms with Gasteiger partial charge in [-0.3, -0.25) is 0 Å². The molecule has 1 aliphatic carbocycles. The maximum Gasteiger partial charge on any atom is 0.251 e. The van der Waals surface area contributed by atoms with Crippen molar-refractivity contribution < 1.29 is 0 Å². The molecule has 2 aromatic rings. The summed E-state index contributed by atoms with van der Waals surface area (Å²) in [6, 6.07) is 2.34. The van der Waals surface area contributed by atoms with E-state index in [-0.39, 0.29) is 5.41 Å². The molecule has 0 radical (unpaired) electrons. The Morgan fingerprint density at radius 3 is 2.52 bits per heavy atom. The second-order valence-electron chi connectivity index (χ2n) is 6.80. The first-order valence-electron chi connectivity index (χ1n) is 7.46. The van der Waals surface area contributed by atoms with E-state index in [1.54, 1.807) is 0 Å². The van der Waals surface area contributed by atoms with E-state index in [1.807, 2.05) is 37.8 Å². The summed E-state index contributed by atoms with van der Waals surface area (Å²) in [5.74, 6) is 0.682. The lowest BCUT2D eigenvalue weighted by molar-refractivity contribution is 0.260. The van der Waals surface area contributed by atoms with Crippen LogP contribution in [0.25, 0.3) is 5.95 Å². The molecule has 0 bridgehead atoms. The Bertz CT molecular complexity index is 651. The molecule has 0 spiro atoms.